The Morgan fingerprint density at radius 2 is 0.786 bits per heavy atom. The molecule has 0 unspecified atom stereocenters. The van der Waals surface area contributed by atoms with Crippen LogP contribution in [0.15, 0.2) is 271 Å². The largest absolute Gasteiger partial charge is 0.455 e. The Morgan fingerprint density at radius 1 is 0.314 bits per heavy atom. The maximum atomic E-state index is 6.82. The molecule has 0 saturated heterocycles. The molecule has 0 fully saturated rings. The molecule has 1 spiro atoms. The third-order valence-corrected chi connectivity index (χ3v) is 14.7. The van der Waals surface area contributed by atoms with Crippen molar-refractivity contribution in [3.8, 4) is 44.5 Å². The number of hydrogen-bond donors (Lipinski definition) is 0. The standard InChI is InChI=1S/C67H44N2O/c1-3-23-45(24-4-1)47-27-7-8-28-48(47)49-29-10-16-39-59(49)69(60-40-17-11-30-50(60)52-33-21-34-53-51-31-12-20-44-64(51)70-66(52)53)63-43-22-38-58-65(63)54-32-9-13-35-55(54)67(58)56-36-14-18-41-61(56)68(46-25-5-2-6-26-46)62-42-19-15-37-57(62)67/h1-44H. The molecule has 14 rings (SSSR count). The fourth-order valence-electron chi connectivity index (χ4n) is 11.9. The highest BCUT2D eigenvalue weighted by Crippen LogP contribution is 2.65. The van der Waals surface area contributed by atoms with Crippen LogP contribution < -0.4 is 9.80 Å². The van der Waals surface area contributed by atoms with E-state index in [1.165, 1.54) is 55.9 Å². The first-order chi connectivity index (χ1) is 34.8. The molecule has 12 aromatic rings. The minimum Gasteiger partial charge on any atom is -0.455 e. The number of anilines is 6. The van der Waals surface area contributed by atoms with Gasteiger partial charge in [-0.2, -0.15) is 0 Å². The van der Waals surface area contributed by atoms with Crippen LogP contribution in [0.3, 0.4) is 0 Å². The molecule has 70 heavy (non-hydrogen) atoms. The van der Waals surface area contributed by atoms with Crippen molar-refractivity contribution in [2.24, 2.45) is 0 Å². The Labute approximate surface area is 407 Å². The van der Waals surface area contributed by atoms with Gasteiger partial charge in [0.2, 0.25) is 0 Å². The van der Waals surface area contributed by atoms with Gasteiger partial charge in [0.15, 0.2) is 0 Å². The summed E-state index contributed by atoms with van der Waals surface area (Å²) in [6.45, 7) is 0. The fourth-order valence-corrected chi connectivity index (χ4v) is 11.9. The molecule has 1 aliphatic carbocycles. The van der Waals surface area contributed by atoms with E-state index < -0.39 is 5.41 Å². The summed E-state index contributed by atoms with van der Waals surface area (Å²) in [5, 5.41) is 2.21. The smallest absolute Gasteiger partial charge is 0.143 e. The average molecular weight is 893 g/mol. The molecular weight excluding hydrogens is 849 g/mol. The highest BCUT2D eigenvalue weighted by atomic mass is 16.3. The van der Waals surface area contributed by atoms with Gasteiger partial charge in [-0.05, 0) is 93.0 Å². The lowest BCUT2D eigenvalue weighted by atomic mass is 9.64. The molecule has 0 saturated carbocycles. The number of hydrogen-bond acceptors (Lipinski definition) is 3. The molecule has 0 N–H and O–H groups in total. The topological polar surface area (TPSA) is 19.6 Å². The van der Waals surface area contributed by atoms with E-state index in [0.29, 0.717) is 0 Å². The molecule has 0 amide bonds. The monoisotopic (exact) mass is 892 g/mol. The second-order valence-corrected chi connectivity index (χ2v) is 18.3. The molecule has 3 nitrogen and oxygen atoms in total. The van der Waals surface area contributed by atoms with Gasteiger partial charge in [-0.15, -0.1) is 0 Å². The molecule has 1 aromatic heterocycles. The van der Waals surface area contributed by atoms with Crippen molar-refractivity contribution in [2.45, 2.75) is 5.41 Å². The van der Waals surface area contributed by atoms with Crippen LogP contribution in [0.5, 0.6) is 0 Å². The third kappa shape index (κ3) is 5.82. The second-order valence-electron chi connectivity index (χ2n) is 18.3. The van der Waals surface area contributed by atoms with Gasteiger partial charge in [-0.3, -0.25) is 0 Å². The lowest BCUT2D eigenvalue weighted by molar-refractivity contribution is 0.670. The summed E-state index contributed by atoms with van der Waals surface area (Å²) in [6.07, 6.45) is 0. The van der Waals surface area contributed by atoms with Crippen molar-refractivity contribution in [2.75, 3.05) is 9.80 Å². The molecule has 1 aliphatic heterocycles. The molecule has 0 radical (unpaired) electrons. The van der Waals surface area contributed by atoms with E-state index in [-0.39, 0.29) is 0 Å². The van der Waals surface area contributed by atoms with Crippen LogP contribution in [-0.4, -0.2) is 0 Å². The minimum atomic E-state index is -0.634. The van der Waals surface area contributed by atoms with Gasteiger partial charge in [-0.1, -0.05) is 218 Å². The molecule has 3 heteroatoms. The third-order valence-electron chi connectivity index (χ3n) is 14.7. The van der Waals surface area contributed by atoms with Crippen LogP contribution in [0.25, 0.3) is 66.4 Å². The molecule has 0 atom stereocenters. The summed E-state index contributed by atoms with van der Waals surface area (Å²) < 4.78 is 6.82. The molecule has 328 valence electrons. The van der Waals surface area contributed by atoms with Gasteiger partial charge in [0.1, 0.15) is 11.2 Å². The number of furan rings is 1. The average Bonchev–Trinajstić information content (AvgIpc) is 3.97. The predicted octanol–water partition coefficient (Wildman–Crippen LogP) is 18.2. The first-order valence-electron chi connectivity index (χ1n) is 24.1. The van der Waals surface area contributed by atoms with Crippen LogP contribution >= 0.6 is 0 Å². The normalized spacial score (nSPS) is 12.9. The van der Waals surface area contributed by atoms with E-state index in [2.05, 4.69) is 271 Å². The van der Waals surface area contributed by atoms with Crippen molar-refractivity contribution in [1.82, 2.24) is 0 Å². The van der Waals surface area contributed by atoms with Crippen molar-refractivity contribution < 1.29 is 4.42 Å². The molecule has 11 aromatic carbocycles. The van der Waals surface area contributed by atoms with E-state index in [4.69, 9.17) is 4.42 Å². The van der Waals surface area contributed by atoms with Gasteiger partial charge in [0.05, 0.1) is 33.9 Å². The predicted molar refractivity (Wildman–Crippen MR) is 290 cm³/mol. The number of rotatable bonds is 7. The van der Waals surface area contributed by atoms with Gasteiger partial charge in [0, 0.05) is 38.7 Å². The Hall–Kier alpha value is -9.18. The number of benzene rings is 11. The highest BCUT2D eigenvalue weighted by molar-refractivity contribution is 6.12. The Bertz CT molecular complexity index is 3930. The lowest BCUT2D eigenvalue weighted by Gasteiger charge is -2.45. The molecular formula is C67H44N2O. The van der Waals surface area contributed by atoms with Gasteiger partial charge >= 0.3 is 0 Å². The SMILES string of the molecule is c1ccc(-c2ccccc2-c2ccccc2N(c2ccccc2-c2cccc3c2oc2ccccc23)c2cccc3c2-c2ccccc2C32c3ccccc3N(c3ccccc3)c3ccccc32)cc1. The van der Waals surface area contributed by atoms with Crippen molar-refractivity contribution in [3.63, 3.8) is 0 Å². The first kappa shape index (κ1) is 39.9. The van der Waals surface area contributed by atoms with Crippen LogP contribution in [0, 0.1) is 0 Å². The maximum absolute atomic E-state index is 6.82. The molecule has 0 bridgehead atoms. The minimum absolute atomic E-state index is 0.634. The highest BCUT2D eigenvalue weighted by Gasteiger charge is 2.52. The molecule has 2 aliphatic rings. The zero-order chi connectivity index (χ0) is 46.2. The Morgan fingerprint density at radius 3 is 1.50 bits per heavy atom. The van der Waals surface area contributed by atoms with Crippen LogP contribution in [0.2, 0.25) is 0 Å². The van der Waals surface area contributed by atoms with E-state index in [9.17, 15) is 0 Å². The Kier molecular flexibility index (Phi) is 9.11. The molecule has 2 heterocycles. The first-order valence-corrected chi connectivity index (χ1v) is 24.1. The van der Waals surface area contributed by atoms with Gasteiger partial charge in [-0.25, -0.2) is 0 Å². The maximum Gasteiger partial charge on any atom is 0.143 e. The Balaban J connectivity index is 1.09. The van der Waals surface area contributed by atoms with E-state index in [1.807, 2.05) is 6.07 Å². The van der Waals surface area contributed by atoms with Crippen molar-refractivity contribution in [3.05, 3.63) is 289 Å². The number of para-hydroxylation sites is 7. The van der Waals surface area contributed by atoms with Crippen LogP contribution in [-0.2, 0) is 5.41 Å². The van der Waals surface area contributed by atoms with Crippen LogP contribution in [0.4, 0.5) is 34.1 Å². The zero-order valence-corrected chi connectivity index (χ0v) is 38.2. The zero-order valence-electron chi connectivity index (χ0n) is 38.2. The van der Waals surface area contributed by atoms with Crippen molar-refractivity contribution >= 4 is 56.1 Å². The second kappa shape index (κ2) is 16.0. The van der Waals surface area contributed by atoms with E-state index in [0.717, 1.165) is 66.9 Å². The van der Waals surface area contributed by atoms with Crippen molar-refractivity contribution in [1.29, 1.82) is 0 Å². The summed E-state index contributed by atoms with van der Waals surface area (Å²) in [5.74, 6) is 0. The number of fused-ring (bicyclic) bond motifs is 12. The summed E-state index contributed by atoms with van der Waals surface area (Å²) in [5.41, 5.74) is 22.0. The van der Waals surface area contributed by atoms with E-state index in [1.54, 1.807) is 0 Å². The van der Waals surface area contributed by atoms with Gasteiger partial charge in [0.25, 0.3) is 0 Å². The van der Waals surface area contributed by atoms with Gasteiger partial charge < -0.3 is 14.2 Å². The van der Waals surface area contributed by atoms with E-state index >= 15 is 0 Å². The summed E-state index contributed by atoms with van der Waals surface area (Å²) >= 11 is 0. The lowest BCUT2D eigenvalue weighted by Crippen LogP contribution is -2.36. The summed E-state index contributed by atoms with van der Waals surface area (Å²) in [4.78, 5) is 4.99. The quantitative estimate of drug-likeness (QED) is 0.159. The van der Waals surface area contributed by atoms with Crippen LogP contribution in [0.1, 0.15) is 22.3 Å². The summed E-state index contributed by atoms with van der Waals surface area (Å²) in [6, 6.07) is 97.4. The number of nitrogens with zero attached hydrogens (tertiary/aromatic N) is 2. The summed E-state index contributed by atoms with van der Waals surface area (Å²) in [7, 11) is 0. The fraction of sp³-hybridized carbons (Fsp3) is 0.0149.